The third kappa shape index (κ3) is 8.04. The maximum Gasteiger partial charge on any atom is 0.238 e. The van der Waals surface area contributed by atoms with Crippen LogP contribution >= 0.6 is 24.8 Å². The van der Waals surface area contributed by atoms with Gasteiger partial charge in [-0.1, -0.05) is 19.3 Å². The van der Waals surface area contributed by atoms with Crippen molar-refractivity contribution in [3.05, 3.63) is 24.3 Å². The lowest BCUT2D eigenvalue weighted by Crippen LogP contribution is -2.41. The van der Waals surface area contributed by atoms with Crippen molar-refractivity contribution in [3.63, 3.8) is 0 Å². The number of hydrogen-bond donors (Lipinski definition) is 3. The van der Waals surface area contributed by atoms with Crippen LogP contribution in [0.4, 0.5) is 11.4 Å². The summed E-state index contributed by atoms with van der Waals surface area (Å²) in [6.07, 6.45) is 6.09. The number of nitrogens with two attached hydrogens (primary N) is 1. The minimum atomic E-state index is -0.0459. The normalized spacial score (nSPS) is 18.4. The van der Waals surface area contributed by atoms with E-state index in [1.807, 2.05) is 24.3 Å². The van der Waals surface area contributed by atoms with Crippen LogP contribution in [0.15, 0.2) is 24.3 Å². The van der Waals surface area contributed by atoms with E-state index in [-0.39, 0.29) is 42.0 Å². The van der Waals surface area contributed by atoms with Crippen LogP contribution in [-0.2, 0) is 14.3 Å². The summed E-state index contributed by atoms with van der Waals surface area (Å²) in [6.45, 7) is 3.84. The zero-order valence-corrected chi connectivity index (χ0v) is 19.0. The Hall–Kier alpha value is -1.38. The number of hydrogen-bond acceptors (Lipinski definition) is 5. The minimum Gasteiger partial charge on any atom is -0.379 e. The van der Waals surface area contributed by atoms with Gasteiger partial charge in [0.2, 0.25) is 11.8 Å². The zero-order valence-electron chi connectivity index (χ0n) is 17.4. The molecule has 1 saturated carbocycles. The second-order valence-corrected chi connectivity index (χ2v) is 8.00. The van der Waals surface area contributed by atoms with Crippen molar-refractivity contribution in [2.45, 2.75) is 38.5 Å². The summed E-state index contributed by atoms with van der Waals surface area (Å²) < 4.78 is 5.29. The van der Waals surface area contributed by atoms with Crippen molar-refractivity contribution in [2.75, 3.05) is 50.0 Å². The standard InChI is InChI=1S/C21H32N4O3.2ClH/c22-16-21(8-2-1-3-9-21)14-19(26)23-17-4-6-18(7-5-17)24-20(27)15-25-10-12-28-13-11-25;;/h4-7H,1-3,8-16,22H2,(H,23,26)(H,24,27);2*1H. The molecule has 170 valence electrons. The fourth-order valence-electron chi connectivity index (χ4n) is 4.10. The van der Waals surface area contributed by atoms with Crippen molar-refractivity contribution in [1.29, 1.82) is 0 Å². The van der Waals surface area contributed by atoms with Gasteiger partial charge in [-0.25, -0.2) is 0 Å². The van der Waals surface area contributed by atoms with Gasteiger partial charge in [-0.15, -0.1) is 24.8 Å². The maximum absolute atomic E-state index is 12.5. The van der Waals surface area contributed by atoms with Crippen molar-refractivity contribution >= 4 is 48.0 Å². The van der Waals surface area contributed by atoms with Crippen LogP contribution in [0.1, 0.15) is 38.5 Å². The van der Waals surface area contributed by atoms with E-state index in [2.05, 4.69) is 15.5 Å². The van der Waals surface area contributed by atoms with Gasteiger partial charge in [0, 0.05) is 30.9 Å². The number of benzene rings is 1. The monoisotopic (exact) mass is 460 g/mol. The van der Waals surface area contributed by atoms with Gasteiger partial charge in [-0.05, 0) is 49.1 Å². The molecule has 1 aliphatic carbocycles. The van der Waals surface area contributed by atoms with Gasteiger partial charge in [0.15, 0.2) is 0 Å². The van der Waals surface area contributed by atoms with E-state index < -0.39 is 0 Å². The first-order chi connectivity index (χ1) is 13.6. The summed E-state index contributed by atoms with van der Waals surface area (Å²) in [5.41, 5.74) is 7.40. The van der Waals surface area contributed by atoms with Gasteiger partial charge in [0.1, 0.15) is 0 Å². The fraction of sp³-hybridized carbons (Fsp3) is 0.619. The number of nitrogens with one attached hydrogen (secondary N) is 2. The lowest BCUT2D eigenvalue weighted by atomic mass is 9.71. The number of morpholine rings is 1. The van der Waals surface area contributed by atoms with Gasteiger partial charge in [-0.2, -0.15) is 0 Å². The number of carbonyl (C=O) groups excluding carboxylic acids is 2. The Labute approximate surface area is 191 Å². The van der Waals surface area contributed by atoms with Gasteiger partial charge < -0.3 is 21.1 Å². The third-order valence-electron chi connectivity index (χ3n) is 5.81. The van der Waals surface area contributed by atoms with Crippen LogP contribution in [0, 0.1) is 5.41 Å². The Morgan fingerprint density at radius 3 is 2.00 bits per heavy atom. The largest absolute Gasteiger partial charge is 0.379 e. The summed E-state index contributed by atoms with van der Waals surface area (Å²) >= 11 is 0. The highest BCUT2D eigenvalue weighted by Gasteiger charge is 2.32. The number of rotatable bonds is 7. The number of nitrogens with zero attached hydrogens (tertiary/aromatic N) is 1. The number of halogens is 2. The lowest BCUT2D eigenvalue weighted by Gasteiger charge is -2.35. The predicted octanol–water partition coefficient (Wildman–Crippen LogP) is 3.04. The molecule has 2 amide bonds. The molecule has 30 heavy (non-hydrogen) atoms. The summed E-state index contributed by atoms with van der Waals surface area (Å²) in [6, 6.07) is 7.26. The van der Waals surface area contributed by atoms with E-state index in [1.54, 1.807) is 0 Å². The van der Waals surface area contributed by atoms with Gasteiger partial charge in [-0.3, -0.25) is 14.5 Å². The fourth-order valence-corrected chi connectivity index (χ4v) is 4.10. The topological polar surface area (TPSA) is 96.7 Å². The van der Waals surface area contributed by atoms with E-state index in [4.69, 9.17) is 10.5 Å². The molecule has 3 rings (SSSR count). The molecule has 2 aliphatic rings. The average molecular weight is 461 g/mol. The predicted molar refractivity (Wildman–Crippen MR) is 125 cm³/mol. The highest BCUT2D eigenvalue weighted by molar-refractivity contribution is 5.94. The maximum atomic E-state index is 12.5. The van der Waals surface area contributed by atoms with Gasteiger partial charge >= 0.3 is 0 Å². The highest BCUT2D eigenvalue weighted by Crippen LogP contribution is 2.38. The first kappa shape index (κ1) is 26.7. The van der Waals surface area contributed by atoms with Crippen LogP contribution in [0.5, 0.6) is 0 Å². The Morgan fingerprint density at radius 2 is 1.47 bits per heavy atom. The summed E-state index contributed by atoms with van der Waals surface area (Å²) in [4.78, 5) is 26.7. The highest BCUT2D eigenvalue weighted by atomic mass is 35.5. The second kappa shape index (κ2) is 13.1. The Kier molecular flexibility index (Phi) is 11.7. The zero-order chi connectivity index (χ0) is 19.8. The van der Waals surface area contributed by atoms with E-state index in [9.17, 15) is 9.59 Å². The van der Waals surface area contributed by atoms with Crippen molar-refractivity contribution < 1.29 is 14.3 Å². The van der Waals surface area contributed by atoms with Crippen LogP contribution in [0.3, 0.4) is 0 Å². The molecule has 0 spiro atoms. The Balaban J connectivity index is 0.00000225. The van der Waals surface area contributed by atoms with E-state index in [0.717, 1.165) is 50.1 Å². The molecule has 2 fully saturated rings. The summed E-state index contributed by atoms with van der Waals surface area (Å²) in [5.74, 6) is -0.0303. The van der Waals surface area contributed by atoms with Crippen molar-refractivity contribution in [2.24, 2.45) is 11.1 Å². The van der Waals surface area contributed by atoms with Gasteiger partial charge in [0.05, 0.1) is 19.8 Å². The van der Waals surface area contributed by atoms with Crippen molar-refractivity contribution in [1.82, 2.24) is 4.90 Å². The molecule has 0 unspecified atom stereocenters. The number of anilines is 2. The number of ether oxygens (including phenoxy) is 1. The van der Waals surface area contributed by atoms with E-state index in [1.165, 1.54) is 6.42 Å². The molecule has 1 aromatic carbocycles. The number of amides is 2. The molecular formula is C21H34Cl2N4O3. The molecule has 0 bridgehead atoms. The molecule has 7 nitrogen and oxygen atoms in total. The lowest BCUT2D eigenvalue weighted by molar-refractivity contribution is -0.119. The molecule has 0 aromatic heterocycles. The first-order valence-electron chi connectivity index (χ1n) is 10.3. The quantitative estimate of drug-likeness (QED) is 0.580. The van der Waals surface area contributed by atoms with Gasteiger partial charge in [0.25, 0.3) is 0 Å². The van der Waals surface area contributed by atoms with Crippen LogP contribution in [0.25, 0.3) is 0 Å². The van der Waals surface area contributed by atoms with Crippen LogP contribution in [0.2, 0.25) is 0 Å². The SMILES string of the molecule is Cl.Cl.NCC1(CC(=O)Nc2ccc(NC(=O)CN3CCOCC3)cc2)CCCCC1. The molecule has 4 N–H and O–H groups in total. The second-order valence-electron chi connectivity index (χ2n) is 8.00. The molecular weight excluding hydrogens is 427 g/mol. The minimum absolute atomic E-state index is 0. The third-order valence-corrected chi connectivity index (χ3v) is 5.81. The Bertz CT molecular complexity index is 661. The molecule has 1 heterocycles. The van der Waals surface area contributed by atoms with E-state index in [0.29, 0.717) is 32.7 Å². The van der Waals surface area contributed by atoms with Crippen LogP contribution in [-0.4, -0.2) is 56.1 Å². The van der Waals surface area contributed by atoms with E-state index >= 15 is 0 Å². The Morgan fingerprint density at radius 1 is 0.933 bits per heavy atom. The molecule has 9 heteroatoms. The molecule has 1 aliphatic heterocycles. The summed E-state index contributed by atoms with van der Waals surface area (Å²) in [5, 5.41) is 5.87. The number of carbonyl (C=O) groups is 2. The molecule has 0 radical (unpaired) electrons. The first-order valence-corrected chi connectivity index (χ1v) is 10.3. The molecule has 1 saturated heterocycles. The van der Waals surface area contributed by atoms with Crippen molar-refractivity contribution in [3.8, 4) is 0 Å². The smallest absolute Gasteiger partial charge is 0.238 e. The average Bonchev–Trinajstić information content (AvgIpc) is 2.71. The molecule has 0 atom stereocenters. The van der Waals surface area contributed by atoms with Crippen LogP contribution < -0.4 is 16.4 Å². The summed E-state index contributed by atoms with van der Waals surface area (Å²) in [7, 11) is 0. The molecule has 1 aromatic rings.